The van der Waals surface area contributed by atoms with Crippen LogP contribution in [0, 0.1) is 0 Å². The Bertz CT molecular complexity index is 953. The van der Waals surface area contributed by atoms with Gasteiger partial charge in [0.15, 0.2) is 12.6 Å². The van der Waals surface area contributed by atoms with E-state index >= 15 is 0 Å². The van der Waals surface area contributed by atoms with Crippen molar-refractivity contribution in [2.45, 2.75) is 25.9 Å². The Morgan fingerprint density at radius 3 is 1.60 bits per heavy atom. The maximum Gasteiger partial charge on any atom is 0.184 e. The SMILES string of the molecule is CCc1cc(-c2cc(C3OCCO3)ccn2)nc(-c2cc(C3OCCO3)ccn2)c1. The van der Waals surface area contributed by atoms with E-state index in [1.165, 1.54) is 0 Å². The number of hydrogen-bond donors (Lipinski definition) is 0. The molecule has 2 saturated heterocycles. The minimum atomic E-state index is -0.342. The van der Waals surface area contributed by atoms with Gasteiger partial charge < -0.3 is 18.9 Å². The lowest BCUT2D eigenvalue weighted by Crippen LogP contribution is -2.01. The Hall–Kier alpha value is -2.71. The predicted molar refractivity (Wildman–Crippen MR) is 109 cm³/mol. The van der Waals surface area contributed by atoms with Gasteiger partial charge in [-0.3, -0.25) is 9.97 Å². The summed E-state index contributed by atoms with van der Waals surface area (Å²) in [5, 5.41) is 0. The van der Waals surface area contributed by atoms with Crippen LogP contribution in [0.25, 0.3) is 22.8 Å². The highest BCUT2D eigenvalue weighted by atomic mass is 16.7. The first-order valence-electron chi connectivity index (χ1n) is 10.2. The van der Waals surface area contributed by atoms with Crippen LogP contribution < -0.4 is 0 Å². The van der Waals surface area contributed by atoms with Crippen LogP contribution >= 0.6 is 0 Å². The maximum atomic E-state index is 5.63. The molecule has 30 heavy (non-hydrogen) atoms. The Balaban J connectivity index is 1.52. The topological polar surface area (TPSA) is 75.6 Å². The monoisotopic (exact) mass is 405 g/mol. The molecule has 5 heterocycles. The first-order chi connectivity index (χ1) is 14.8. The van der Waals surface area contributed by atoms with Crippen LogP contribution in [-0.4, -0.2) is 41.4 Å². The molecule has 0 radical (unpaired) electrons. The molecule has 0 N–H and O–H groups in total. The van der Waals surface area contributed by atoms with Gasteiger partial charge in [0.05, 0.1) is 49.2 Å². The Kier molecular flexibility index (Phi) is 5.50. The molecule has 0 atom stereocenters. The number of aryl methyl sites for hydroxylation is 1. The van der Waals surface area contributed by atoms with E-state index < -0.39 is 0 Å². The van der Waals surface area contributed by atoms with Crippen LogP contribution in [0.15, 0.2) is 48.8 Å². The van der Waals surface area contributed by atoms with E-state index in [2.05, 4.69) is 29.0 Å². The highest BCUT2D eigenvalue weighted by molar-refractivity contribution is 5.64. The number of aromatic nitrogens is 3. The molecule has 7 heteroatoms. The van der Waals surface area contributed by atoms with Crippen molar-refractivity contribution in [2.75, 3.05) is 26.4 Å². The standard InChI is InChI=1S/C23H23N3O4/c1-2-15-11-20(18-13-16(3-5-24-18)22-27-7-8-28-22)26-21(12-15)19-14-17(4-6-25-19)23-29-9-10-30-23/h3-6,11-14,22-23H,2,7-10H2,1H3. The van der Waals surface area contributed by atoms with Crippen molar-refractivity contribution in [3.63, 3.8) is 0 Å². The van der Waals surface area contributed by atoms with Gasteiger partial charge in [-0.25, -0.2) is 4.98 Å². The summed E-state index contributed by atoms with van der Waals surface area (Å²) < 4.78 is 22.5. The van der Waals surface area contributed by atoms with E-state index in [4.69, 9.17) is 23.9 Å². The summed E-state index contributed by atoms with van der Waals surface area (Å²) >= 11 is 0. The van der Waals surface area contributed by atoms with Crippen molar-refractivity contribution in [3.05, 3.63) is 65.5 Å². The molecule has 0 spiro atoms. The quantitative estimate of drug-likeness (QED) is 0.638. The summed E-state index contributed by atoms with van der Waals surface area (Å²) in [6.45, 7) is 4.54. The Morgan fingerprint density at radius 2 is 1.17 bits per heavy atom. The minimum absolute atomic E-state index is 0.342. The van der Waals surface area contributed by atoms with Gasteiger partial charge in [-0.15, -0.1) is 0 Å². The maximum absolute atomic E-state index is 5.63. The summed E-state index contributed by atoms with van der Waals surface area (Å²) in [6.07, 6.45) is 3.73. The molecular formula is C23H23N3O4. The molecule has 0 bridgehead atoms. The summed E-state index contributed by atoms with van der Waals surface area (Å²) in [5.41, 5.74) is 6.20. The fourth-order valence-electron chi connectivity index (χ4n) is 3.62. The molecule has 0 aromatic carbocycles. The molecule has 2 fully saturated rings. The summed E-state index contributed by atoms with van der Waals surface area (Å²) in [7, 11) is 0. The predicted octanol–water partition coefficient (Wildman–Crippen LogP) is 3.86. The Morgan fingerprint density at radius 1 is 0.700 bits per heavy atom. The zero-order chi connectivity index (χ0) is 20.3. The van der Waals surface area contributed by atoms with E-state index in [9.17, 15) is 0 Å². The first kappa shape index (κ1) is 19.3. The van der Waals surface area contributed by atoms with Crippen molar-refractivity contribution in [1.29, 1.82) is 0 Å². The van der Waals surface area contributed by atoms with Crippen LogP contribution in [-0.2, 0) is 25.4 Å². The largest absolute Gasteiger partial charge is 0.346 e. The van der Waals surface area contributed by atoms with Gasteiger partial charge >= 0.3 is 0 Å². The number of rotatable bonds is 5. The van der Waals surface area contributed by atoms with Gasteiger partial charge in [-0.1, -0.05) is 6.92 Å². The second-order valence-corrected chi connectivity index (χ2v) is 7.20. The zero-order valence-corrected chi connectivity index (χ0v) is 16.8. The summed E-state index contributed by atoms with van der Waals surface area (Å²) in [4.78, 5) is 13.9. The normalized spacial score (nSPS) is 17.6. The van der Waals surface area contributed by atoms with Gasteiger partial charge in [0.25, 0.3) is 0 Å². The molecule has 3 aromatic rings. The van der Waals surface area contributed by atoms with E-state index in [1.807, 2.05) is 24.3 Å². The van der Waals surface area contributed by atoms with E-state index in [0.29, 0.717) is 26.4 Å². The molecule has 2 aliphatic heterocycles. The van der Waals surface area contributed by atoms with E-state index in [0.717, 1.165) is 45.9 Å². The second kappa shape index (κ2) is 8.57. The zero-order valence-electron chi connectivity index (χ0n) is 16.8. The molecular weight excluding hydrogens is 382 g/mol. The van der Waals surface area contributed by atoms with Crippen LogP contribution in [0.2, 0.25) is 0 Å². The van der Waals surface area contributed by atoms with Crippen LogP contribution in [0.4, 0.5) is 0 Å². The lowest BCUT2D eigenvalue weighted by atomic mass is 10.1. The summed E-state index contributed by atoms with van der Waals surface area (Å²) in [6, 6.07) is 11.9. The number of hydrogen-bond acceptors (Lipinski definition) is 7. The molecule has 0 saturated carbocycles. The lowest BCUT2D eigenvalue weighted by molar-refractivity contribution is -0.0443. The highest BCUT2D eigenvalue weighted by Crippen LogP contribution is 2.29. The van der Waals surface area contributed by atoms with Gasteiger partial charge in [-0.05, 0) is 48.4 Å². The fraction of sp³-hybridized carbons (Fsp3) is 0.348. The van der Waals surface area contributed by atoms with Crippen molar-refractivity contribution in [3.8, 4) is 22.8 Å². The third-order valence-electron chi connectivity index (χ3n) is 5.17. The third-order valence-corrected chi connectivity index (χ3v) is 5.17. The number of pyridine rings is 3. The molecule has 0 unspecified atom stereocenters. The average Bonchev–Trinajstić information content (AvgIpc) is 3.53. The van der Waals surface area contributed by atoms with E-state index in [-0.39, 0.29) is 12.6 Å². The first-order valence-corrected chi connectivity index (χ1v) is 10.2. The molecule has 154 valence electrons. The van der Waals surface area contributed by atoms with Gasteiger partial charge in [0.1, 0.15) is 0 Å². The van der Waals surface area contributed by atoms with Crippen molar-refractivity contribution >= 4 is 0 Å². The molecule has 2 aliphatic rings. The fourth-order valence-corrected chi connectivity index (χ4v) is 3.62. The van der Waals surface area contributed by atoms with E-state index in [1.54, 1.807) is 12.4 Å². The molecule has 0 amide bonds. The minimum Gasteiger partial charge on any atom is -0.346 e. The summed E-state index contributed by atoms with van der Waals surface area (Å²) in [5.74, 6) is 0. The number of nitrogens with zero attached hydrogens (tertiary/aromatic N) is 3. The second-order valence-electron chi connectivity index (χ2n) is 7.20. The molecule has 5 rings (SSSR count). The van der Waals surface area contributed by atoms with Crippen molar-refractivity contribution in [2.24, 2.45) is 0 Å². The highest BCUT2D eigenvalue weighted by Gasteiger charge is 2.21. The molecule has 3 aromatic heterocycles. The van der Waals surface area contributed by atoms with Gasteiger partial charge in [-0.2, -0.15) is 0 Å². The van der Waals surface area contributed by atoms with Crippen LogP contribution in [0.1, 0.15) is 36.2 Å². The lowest BCUT2D eigenvalue weighted by Gasteiger charge is -2.13. The molecule has 7 nitrogen and oxygen atoms in total. The Labute approximate surface area is 175 Å². The van der Waals surface area contributed by atoms with Crippen molar-refractivity contribution < 1.29 is 18.9 Å². The average molecular weight is 405 g/mol. The van der Waals surface area contributed by atoms with Crippen molar-refractivity contribution in [1.82, 2.24) is 15.0 Å². The smallest absolute Gasteiger partial charge is 0.184 e. The van der Waals surface area contributed by atoms with Crippen LogP contribution in [0.3, 0.4) is 0 Å². The van der Waals surface area contributed by atoms with Gasteiger partial charge in [0.2, 0.25) is 0 Å². The third kappa shape index (κ3) is 3.97. The number of ether oxygens (including phenoxy) is 4. The molecule has 0 aliphatic carbocycles. The van der Waals surface area contributed by atoms with Crippen LogP contribution in [0.5, 0.6) is 0 Å². The van der Waals surface area contributed by atoms with Gasteiger partial charge in [0, 0.05) is 23.5 Å².